The molecule has 4 rings (SSSR count). The number of H-pyrrole nitrogens is 1. The minimum absolute atomic E-state index is 0.117. The van der Waals surface area contributed by atoms with Gasteiger partial charge in [0.2, 0.25) is 0 Å². The molecule has 1 atom stereocenters. The number of carbonyl (C=O) groups excluding carboxylic acids is 1. The van der Waals surface area contributed by atoms with Crippen molar-refractivity contribution >= 4 is 16.8 Å². The van der Waals surface area contributed by atoms with Crippen molar-refractivity contribution in [1.29, 1.82) is 0 Å². The predicted octanol–water partition coefficient (Wildman–Crippen LogP) is 3.42. The summed E-state index contributed by atoms with van der Waals surface area (Å²) < 4.78 is 0. The number of hydrogen-bond donors (Lipinski definition) is 3. The zero-order chi connectivity index (χ0) is 18.3. The van der Waals surface area contributed by atoms with Crippen LogP contribution in [0.4, 0.5) is 0 Å². The lowest BCUT2D eigenvalue weighted by Crippen LogP contribution is -2.41. The highest BCUT2D eigenvalue weighted by Gasteiger charge is 2.36. The van der Waals surface area contributed by atoms with E-state index in [-0.39, 0.29) is 24.0 Å². The number of nitrogens with one attached hydrogen (secondary N) is 2. The third-order valence-electron chi connectivity index (χ3n) is 5.50. The first-order chi connectivity index (χ1) is 12.5. The van der Waals surface area contributed by atoms with Crippen molar-refractivity contribution < 1.29 is 9.90 Å². The molecule has 1 fully saturated rings. The van der Waals surface area contributed by atoms with E-state index in [1.807, 2.05) is 43.3 Å². The normalized spacial score (nSPS) is 20.6. The smallest absolute Gasteiger partial charge is 0.253 e. The Morgan fingerprint density at radius 2 is 2.04 bits per heavy atom. The zero-order valence-corrected chi connectivity index (χ0v) is 15.0. The molecule has 2 aromatic heterocycles. The Bertz CT molecular complexity index is 943. The summed E-state index contributed by atoms with van der Waals surface area (Å²) in [5.41, 5.74) is 4.58. The van der Waals surface area contributed by atoms with Gasteiger partial charge in [0.25, 0.3) is 5.91 Å². The molecule has 2 heterocycles. The van der Waals surface area contributed by atoms with E-state index < -0.39 is 0 Å². The van der Waals surface area contributed by atoms with Gasteiger partial charge in [0, 0.05) is 17.3 Å². The van der Waals surface area contributed by atoms with Gasteiger partial charge in [-0.3, -0.25) is 9.78 Å². The Kier molecular flexibility index (Phi) is 4.24. The average molecular weight is 349 g/mol. The number of pyridine rings is 1. The number of fused-ring (bicyclic) bond motifs is 1. The van der Waals surface area contributed by atoms with Gasteiger partial charge in [-0.1, -0.05) is 18.2 Å². The van der Waals surface area contributed by atoms with Crippen molar-refractivity contribution in [3.05, 3.63) is 65.1 Å². The van der Waals surface area contributed by atoms with Gasteiger partial charge in [-0.15, -0.1) is 0 Å². The number of nitrogens with zero attached hydrogens (tertiary/aromatic N) is 1. The lowest BCUT2D eigenvalue weighted by molar-refractivity contribution is 0.0228. The molecule has 0 spiro atoms. The van der Waals surface area contributed by atoms with E-state index in [0.717, 1.165) is 27.9 Å². The van der Waals surface area contributed by atoms with Gasteiger partial charge in [0.05, 0.1) is 28.9 Å². The zero-order valence-electron chi connectivity index (χ0n) is 15.0. The fraction of sp³-hybridized carbons (Fsp3) is 0.333. The Balaban J connectivity index is 1.66. The highest BCUT2D eigenvalue weighted by atomic mass is 16.3. The second-order valence-corrected chi connectivity index (χ2v) is 7.19. The maximum Gasteiger partial charge on any atom is 0.253 e. The van der Waals surface area contributed by atoms with Gasteiger partial charge >= 0.3 is 0 Å². The molecule has 26 heavy (non-hydrogen) atoms. The van der Waals surface area contributed by atoms with Crippen LogP contribution in [0.1, 0.15) is 46.2 Å². The van der Waals surface area contributed by atoms with Crippen molar-refractivity contribution in [3.63, 3.8) is 0 Å². The number of carbonyl (C=O) groups is 1. The molecule has 3 N–H and O–H groups in total. The second kappa shape index (κ2) is 6.57. The molecule has 5 heteroatoms. The highest BCUT2D eigenvalue weighted by molar-refractivity contribution is 6.06. The predicted molar refractivity (Wildman–Crippen MR) is 101 cm³/mol. The molecule has 1 saturated carbocycles. The highest BCUT2D eigenvalue weighted by Crippen LogP contribution is 2.37. The number of aliphatic hydroxyl groups is 1. The number of aromatic nitrogens is 2. The van der Waals surface area contributed by atoms with E-state index in [1.165, 1.54) is 0 Å². The van der Waals surface area contributed by atoms with Crippen LogP contribution in [0.3, 0.4) is 0 Å². The molecule has 0 unspecified atom stereocenters. The first-order valence-corrected chi connectivity index (χ1v) is 9.02. The van der Waals surface area contributed by atoms with Crippen molar-refractivity contribution in [1.82, 2.24) is 15.3 Å². The molecular formula is C21H23N3O2. The maximum absolute atomic E-state index is 13.1. The summed E-state index contributed by atoms with van der Waals surface area (Å²) in [6.45, 7) is 4.08. The summed E-state index contributed by atoms with van der Waals surface area (Å²) in [5, 5.41) is 13.9. The average Bonchev–Trinajstić information content (AvgIpc) is 2.92. The number of rotatable bonds is 4. The summed E-state index contributed by atoms with van der Waals surface area (Å²) in [6.07, 6.45) is 2.83. The van der Waals surface area contributed by atoms with Gasteiger partial charge in [-0.2, -0.15) is 0 Å². The van der Waals surface area contributed by atoms with E-state index >= 15 is 0 Å². The fourth-order valence-corrected chi connectivity index (χ4v) is 3.79. The monoisotopic (exact) mass is 349 g/mol. The Morgan fingerprint density at radius 1 is 1.23 bits per heavy atom. The number of aliphatic hydroxyl groups excluding tert-OH is 1. The van der Waals surface area contributed by atoms with Crippen molar-refractivity contribution in [2.45, 2.75) is 38.8 Å². The summed E-state index contributed by atoms with van der Waals surface area (Å²) >= 11 is 0. The third-order valence-corrected chi connectivity index (χ3v) is 5.50. The summed E-state index contributed by atoms with van der Waals surface area (Å²) in [6, 6.07) is 11.3. The van der Waals surface area contributed by atoms with Crippen LogP contribution in [-0.2, 0) is 0 Å². The Labute approximate surface area is 152 Å². The van der Waals surface area contributed by atoms with E-state index in [4.69, 9.17) is 0 Å². The van der Waals surface area contributed by atoms with Gasteiger partial charge in [-0.05, 0) is 56.4 Å². The third kappa shape index (κ3) is 2.88. The molecule has 134 valence electrons. The first-order valence-electron chi connectivity index (χ1n) is 9.02. The van der Waals surface area contributed by atoms with E-state index in [1.54, 1.807) is 6.20 Å². The SMILES string of the molecule is Cc1[nH]c2c(C(=O)N[C@@H](c3ccccn3)C3CC(O)C3)cccc2c1C. The van der Waals surface area contributed by atoms with Crippen LogP contribution in [-0.4, -0.2) is 27.1 Å². The minimum Gasteiger partial charge on any atom is -0.393 e. The lowest BCUT2D eigenvalue weighted by Gasteiger charge is -2.37. The number of aromatic amines is 1. The molecule has 1 amide bonds. The molecule has 0 saturated heterocycles. The number of amides is 1. The molecule has 0 bridgehead atoms. The minimum atomic E-state index is -0.278. The van der Waals surface area contributed by atoms with E-state index in [2.05, 4.69) is 22.2 Å². The molecule has 3 aromatic rings. The molecule has 0 aliphatic heterocycles. The maximum atomic E-state index is 13.1. The van der Waals surface area contributed by atoms with E-state index in [0.29, 0.717) is 18.4 Å². The number of aryl methyl sites for hydroxylation is 2. The van der Waals surface area contributed by atoms with Crippen LogP contribution < -0.4 is 5.32 Å². The second-order valence-electron chi connectivity index (χ2n) is 7.19. The lowest BCUT2D eigenvalue weighted by atomic mass is 9.76. The molecule has 1 aromatic carbocycles. The van der Waals surface area contributed by atoms with Crippen LogP contribution >= 0.6 is 0 Å². The summed E-state index contributed by atoms with van der Waals surface area (Å²) in [4.78, 5) is 20.8. The first kappa shape index (κ1) is 16.8. The number of benzene rings is 1. The summed E-state index contributed by atoms with van der Waals surface area (Å²) in [7, 11) is 0. The van der Waals surface area contributed by atoms with Gasteiger partial charge in [0.1, 0.15) is 0 Å². The van der Waals surface area contributed by atoms with Gasteiger partial charge < -0.3 is 15.4 Å². The van der Waals surface area contributed by atoms with Crippen LogP contribution in [0.2, 0.25) is 0 Å². The van der Waals surface area contributed by atoms with Crippen molar-refractivity contribution in [3.8, 4) is 0 Å². The van der Waals surface area contributed by atoms with Crippen LogP contribution in [0.15, 0.2) is 42.6 Å². The van der Waals surface area contributed by atoms with Gasteiger partial charge in [0.15, 0.2) is 0 Å². The standard InChI is InChI=1S/C21H23N3O2/c1-12-13(2)23-20-16(12)6-5-7-17(20)21(26)24-19(14-10-15(25)11-14)18-8-3-4-9-22-18/h3-9,14-15,19,23,25H,10-11H2,1-2H3,(H,24,26)/t14?,15?,19-/m1/s1. The summed E-state index contributed by atoms with van der Waals surface area (Å²) in [5.74, 6) is 0.0871. The topological polar surface area (TPSA) is 78.0 Å². The van der Waals surface area contributed by atoms with Gasteiger partial charge in [-0.25, -0.2) is 0 Å². The Hall–Kier alpha value is -2.66. The van der Waals surface area contributed by atoms with Crippen LogP contribution in [0, 0.1) is 19.8 Å². The van der Waals surface area contributed by atoms with Crippen LogP contribution in [0.5, 0.6) is 0 Å². The van der Waals surface area contributed by atoms with E-state index in [9.17, 15) is 9.90 Å². The van der Waals surface area contributed by atoms with Crippen molar-refractivity contribution in [2.24, 2.45) is 5.92 Å². The molecule has 1 aliphatic rings. The quantitative estimate of drug-likeness (QED) is 0.675. The number of hydrogen-bond acceptors (Lipinski definition) is 3. The van der Waals surface area contributed by atoms with Crippen molar-refractivity contribution in [2.75, 3.05) is 0 Å². The molecular weight excluding hydrogens is 326 g/mol. The largest absolute Gasteiger partial charge is 0.393 e. The Morgan fingerprint density at radius 3 is 2.73 bits per heavy atom. The molecule has 1 aliphatic carbocycles. The molecule has 5 nitrogen and oxygen atoms in total. The number of para-hydroxylation sites is 1. The van der Waals surface area contributed by atoms with Crippen LogP contribution in [0.25, 0.3) is 10.9 Å². The fourth-order valence-electron chi connectivity index (χ4n) is 3.79. The molecule has 0 radical (unpaired) electrons.